The van der Waals surface area contributed by atoms with Crippen LogP contribution in [0.5, 0.6) is 0 Å². The van der Waals surface area contributed by atoms with Crippen molar-refractivity contribution in [2.75, 3.05) is 0 Å². The third-order valence-corrected chi connectivity index (χ3v) is 10.5. The summed E-state index contributed by atoms with van der Waals surface area (Å²) < 4.78 is 5.21. The smallest absolute Gasteiger partial charge is 0.335 e. The van der Waals surface area contributed by atoms with E-state index < -0.39 is 11.5 Å². The van der Waals surface area contributed by atoms with E-state index in [2.05, 4.69) is 19.9 Å². The minimum absolute atomic E-state index is 0.0614. The van der Waals surface area contributed by atoms with Crippen molar-refractivity contribution in [2.24, 2.45) is 40.2 Å². The Kier molecular flexibility index (Phi) is 5.01. The highest BCUT2D eigenvalue weighted by atomic mass is 16.4. The molecule has 5 nitrogen and oxygen atoms in total. The van der Waals surface area contributed by atoms with Gasteiger partial charge in [-0.05, 0) is 110 Å². The van der Waals surface area contributed by atoms with Gasteiger partial charge in [0, 0.05) is 6.07 Å². The third-order valence-electron chi connectivity index (χ3n) is 10.5. The van der Waals surface area contributed by atoms with Crippen LogP contribution in [0, 0.1) is 34.5 Å². The number of aliphatic carboxylic acids is 1. The summed E-state index contributed by atoms with van der Waals surface area (Å²) >= 11 is 0. The van der Waals surface area contributed by atoms with E-state index in [1.54, 1.807) is 24.8 Å². The average molecular weight is 440 g/mol. The summed E-state index contributed by atoms with van der Waals surface area (Å²) in [6.45, 7) is 6.62. The normalized spacial score (nSPS) is 42.8. The van der Waals surface area contributed by atoms with Crippen molar-refractivity contribution in [1.82, 2.24) is 0 Å². The molecule has 0 spiro atoms. The van der Waals surface area contributed by atoms with E-state index in [9.17, 15) is 14.7 Å². The molecule has 0 bridgehead atoms. The Labute approximate surface area is 190 Å². The van der Waals surface area contributed by atoms with E-state index in [0.29, 0.717) is 23.7 Å². The quantitative estimate of drug-likeness (QED) is 0.639. The summed E-state index contributed by atoms with van der Waals surface area (Å²) in [6, 6.07) is 3.51. The maximum absolute atomic E-state index is 11.8. The molecule has 0 aromatic carbocycles. The van der Waals surface area contributed by atoms with Gasteiger partial charge in [-0.25, -0.2) is 4.79 Å². The summed E-state index contributed by atoms with van der Waals surface area (Å²) in [5.74, 6) is 1.44. The van der Waals surface area contributed by atoms with Gasteiger partial charge >= 0.3 is 11.6 Å². The Bertz CT molecular complexity index is 989. The molecular formula is C27H37NO4. The topological polar surface area (TPSA) is 93.5 Å². The second-order valence-corrected chi connectivity index (χ2v) is 11.8. The first kappa shape index (κ1) is 21.9. The fraction of sp³-hybridized carbons (Fsp3) is 0.704. The van der Waals surface area contributed by atoms with Crippen LogP contribution in [0.4, 0.5) is 0 Å². The van der Waals surface area contributed by atoms with Crippen molar-refractivity contribution < 1.29 is 14.3 Å². The molecule has 3 saturated carbocycles. The van der Waals surface area contributed by atoms with Crippen molar-refractivity contribution in [1.29, 1.82) is 0 Å². The van der Waals surface area contributed by atoms with E-state index in [4.69, 9.17) is 10.2 Å². The number of hydrogen-bond donors (Lipinski definition) is 2. The lowest BCUT2D eigenvalue weighted by molar-refractivity contribution is -0.148. The van der Waals surface area contributed by atoms with Crippen molar-refractivity contribution in [3.63, 3.8) is 0 Å². The number of hydrogen-bond acceptors (Lipinski definition) is 4. The Morgan fingerprint density at radius 1 is 1.19 bits per heavy atom. The molecule has 0 radical (unpaired) electrons. The van der Waals surface area contributed by atoms with Crippen LogP contribution >= 0.6 is 0 Å². The first-order valence-electron chi connectivity index (χ1n) is 12.4. The molecule has 174 valence electrons. The number of rotatable bonds is 3. The Morgan fingerprint density at radius 3 is 2.66 bits per heavy atom. The van der Waals surface area contributed by atoms with Crippen LogP contribution in [0.3, 0.4) is 0 Å². The maximum Gasteiger partial charge on any atom is 0.335 e. The summed E-state index contributed by atoms with van der Waals surface area (Å²) in [4.78, 5) is 23.2. The van der Waals surface area contributed by atoms with Gasteiger partial charge in [-0.15, -0.1) is 0 Å². The highest BCUT2D eigenvalue weighted by Crippen LogP contribution is 2.67. The number of carboxylic acid groups (broad SMARTS) is 1. The first-order chi connectivity index (χ1) is 15.1. The molecular weight excluding hydrogens is 402 g/mol. The summed E-state index contributed by atoms with van der Waals surface area (Å²) in [5.41, 5.74) is 8.04. The second-order valence-electron chi connectivity index (χ2n) is 11.8. The molecule has 0 amide bonds. The Hall–Kier alpha value is -1.88. The zero-order chi connectivity index (χ0) is 22.9. The van der Waals surface area contributed by atoms with Gasteiger partial charge in [0.05, 0.1) is 6.26 Å². The lowest BCUT2D eigenvalue weighted by Gasteiger charge is -2.60. The number of carbonyl (C=O) groups is 1. The molecule has 0 unspecified atom stereocenters. The lowest BCUT2D eigenvalue weighted by Crippen LogP contribution is -2.57. The van der Waals surface area contributed by atoms with Gasteiger partial charge in [-0.2, -0.15) is 0 Å². The molecule has 1 aromatic rings. The summed E-state index contributed by atoms with van der Waals surface area (Å²) in [7, 11) is 0. The minimum Gasteiger partial charge on any atom is -0.480 e. The van der Waals surface area contributed by atoms with Gasteiger partial charge in [-0.3, -0.25) is 4.79 Å². The molecule has 3 fully saturated rings. The van der Waals surface area contributed by atoms with E-state index in [-0.39, 0.29) is 22.4 Å². The van der Waals surface area contributed by atoms with Gasteiger partial charge < -0.3 is 15.3 Å². The molecule has 0 saturated heterocycles. The van der Waals surface area contributed by atoms with E-state index in [0.717, 1.165) is 31.2 Å². The number of nitrogens with two attached hydrogens (primary N) is 1. The molecule has 32 heavy (non-hydrogen) atoms. The number of carboxylic acids is 1. The maximum atomic E-state index is 11.8. The van der Waals surface area contributed by atoms with E-state index >= 15 is 0 Å². The highest BCUT2D eigenvalue weighted by molar-refractivity contribution is 5.78. The van der Waals surface area contributed by atoms with Crippen molar-refractivity contribution >= 4 is 5.97 Å². The molecule has 0 aliphatic heterocycles. The van der Waals surface area contributed by atoms with Crippen molar-refractivity contribution in [3.05, 3.63) is 46.0 Å². The Morgan fingerprint density at radius 2 is 1.97 bits per heavy atom. The first-order valence-corrected chi connectivity index (χ1v) is 12.4. The predicted molar refractivity (Wildman–Crippen MR) is 123 cm³/mol. The van der Waals surface area contributed by atoms with E-state index in [1.807, 2.05) is 6.07 Å². The highest BCUT2D eigenvalue weighted by Gasteiger charge is 2.58. The summed E-state index contributed by atoms with van der Waals surface area (Å²) in [6.07, 6.45) is 12.9. The van der Waals surface area contributed by atoms with Crippen LogP contribution in [0.2, 0.25) is 0 Å². The summed E-state index contributed by atoms with van der Waals surface area (Å²) in [5, 5.41) is 9.65. The van der Waals surface area contributed by atoms with Crippen LogP contribution in [0.25, 0.3) is 0 Å². The van der Waals surface area contributed by atoms with Crippen LogP contribution in [-0.4, -0.2) is 16.6 Å². The fourth-order valence-electron chi connectivity index (χ4n) is 8.38. The van der Waals surface area contributed by atoms with Crippen molar-refractivity contribution in [2.45, 2.75) is 83.6 Å². The van der Waals surface area contributed by atoms with Gasteiger partial charge in [0.25, 0.3) is 0 Å². The SMILES string of the molecule is C[C@]12CC[C@H]([C@](C)(N)C(=O)O)C[C@H]1CC[C@H]1C3=CC[C@H](c4ccc(=O)oc4)[C@@]3(C)CC[C@@H]12. The standard InChI is InChI=1S/C27H37NO4/c1-25-12-10-18(27(3,28)24(30)31)14-17(25)5-6-19-21-8-7-20(16-4-9-23(29)32-15-16)26(21,2)13-11-22(19)25/h4,8-9,15,17-20,22H,5-7,10-14,28H2,1-3H3,(H,30,31)/t17-,18+,19+,20-,22+,25+,26-,27+/m1/s1. The van der Waals surface area contributed by atoms with Crippen LogP contribution in [0.1, 0.15) is 83.6 Å². The zero-order valence-electron chi connectivity index (χ0n) is 19.6. The molecule has 3 N–H and O–H groups in total. The molecule has 5 rings (SSSR count). The molecule has 4 aliphatic carbocycles. The van der Waals surface area contributed by atoms with Gasteiger partial charge in [0.1, 0.15) is 5.54 Å². The molecule has 8 atom stereocenters. The van der Waals surface area contributed by atoms with Gasteiger partial charge in [0.15, 0.2) is 0 Å². The largest absolute Gasteiger partial charge is 0.480 e. The Balaban J connectivity index is 1.38. The number of allylic oxidation sites excluding steroid dienone is 2. The minimum atomic E-state index is -1.13. The monoisotopic (exact) mass is 439 g/mol. The lowest BCUT2D eigenvalue weighted by atomic mass is 9.44. The molecule has 1 heterocycles. The van der Waals surface area contributed by atoms with Crippen molar-refractivity contribution in [3.8, 4) is 0 Å². The van der Waals surface area contributed by atoms with Gasteiger partial charge in [-0.1, -0.05) is 25.5 Å². The van der Waals surface area contributed by atoms with E-state index in [1.165, 1.54) is 25.7 Å². The second kappa shape index (κ2) is 7.31. The van der Waals surface area contributed by atoms with Gasteiger partial charge in [0.2, 0.25) is 0 Å². The number of fused-ring (bicyclic) bond motifs is 5. The van der Waals surface area contributed by atoms with Crippen LogP contribution in [-0.2, 0) is 4.79 Å². The van der Waals surface area contributed by atoms with Crippen LogP contribution < -0.4 is 11.4 Å². The molecule has 5 heteroatoms. The molecule has 1 aromatic heterocycles. The predicted octanol–water partition coefficient (Wildman–Crippen LogP) is 5.10. The molecule has 4 aliphatic rings. The zero-order valence-corrected chi connectivity index (χ0v) is 19.6. The fourth-order valence-corrected chi connectivity index (χ4v) is 8.38. The van der Waals surface area contributed by atoms with Crippen LogP contribution in [0.15, 0.2) is 39.3 Å². The third kappa shape index (κ3) is 3.07. The average Bonchev–Trinajstić information content (AvgIpc) is 3.10.